The molecule has 30 heavy (non-hydrogen) atoms. The topological polar surface area (TPSA) is 59.6 Å². The van der Waals surface area contributed by atoms with Gasteiger partial charge in [-0.15, -0.1) is 0 Å². The molecule has 1 atom stereocenters. The van der Waals surface area contributed by atoms with Crippen molar-refractivity contribution in [1.29, 1.82) is 0 Å². The number of rotatable bonds is 9. The predicted octanol–water partition coefficient (Wildman–Crippen LogP) is 4.01. The van der Waals surface area contributed by atoms with Crippen molar-refractivity contribution >= 4 is 5.91 Å². The first-order valence-corrected chi connectivity index (χ1v) is 9.93. The number of ether oxygens (including phenoxy) is 2. The van der Waals surface area contributed by atoms with Crippen LogP contribution >= 0.6 is 0 Å². The molecule has 0 heterocycles. The lowest BCUT2D eigenvalue weighted by Crippen LogP contribution is -2.35. The number of nitrogens with one attached hydrogen (secondary N) is 2. The van der Waals surface area contributed by atoms with Crippen LogP contribution in [0, 0.1) is 6.92 Å². The molecule has 156 valence electrons. The van der Waals surface area contributed by atoms with E-state index in [1.165, 1.54) is 5.56 Å². The lowest BCUT2D eigenvalue weighted by atomic mass is 9.98. The Hall–Kier alpha value is -3.31. The van der Waals surface area contributed by atoms with Gasteiger partial charge in [0.25, 0.3) is 0 Å². The van der Waals surface area contributed by atoms with Gasteiger partial charge in [-0.05, 0) is 35.7 Å². The van der Waals surface area contributed by atoms with Gasteiger partial charge in [0.2, 0.25) is 5.91 Å². The predicted molar refractivity (Wildman–Crippen MR) is 119 cm³/mol. The minimum Gasteiger partial charge on any atom is -0.493 e. The zero-order valence-corrected chi connectivity index (χ0v) is 17.6. The minimum atomic E-state index is -0.0715. The summed E-state index contributed by atoms with van der Waals surface area (Å²) in [5.41, 5.74) is 4.39. The minimum absolute atomic E-state index is 0.0568. The summed E-state index contributed by atoms with van der Waals surface area (Å²) >= 11 is 0. The Kier molecular flexibility index (Phi) is 7.46. The highest BCUT2D eigenvalue weighted by atomic mass is 16.5. The monoisotopic (exact) mass is 404 g/mol. The molecule has 0 saturated heterocycles. The molecule has 0 radical (unpaired) electrons. The molecule has 3 aromatic rings. The molecular weight excluding hydrogens is 376 g/mol. The Bertz CT molecular complexity index is 956. The summed E-state index contributed by atoms with van der Waals surface area (Å²) in [6.07, 6.45) is 0. The standard InChI is InChI=1S/C25H28N2O3/c1-18-9-12-21(13-10-18)25(20-7-5-4-6-8-20)27-17-24(28)26-16-19-11-14-22(29-2)23(15-19)30-3/h4-15,25,27H,16-17H2,1-3H3,(H,26,28)/t25-/m1/s1. The van der Waals surface area contributed by atoms with Crippen LogP contribution in [0.2, 0.25) is 0 Å². The summed E-state index contributed by atoms with van der Waals surface area (Å²) < 4.78 is 10.6. The Morgan fingerprint density at radius 1 is 0.867 bits per heavy atom. The molecular formula is C25H28N2O3. The molecule has 0 aromatic heterocycles. The van der Waals surface area contributed by atoms with Gasteiger partial charge in [0.15, 0.2) is 11.5 Å². The van der Waals surface area contributed by atoms with Gasteiger partial charge < -0.3 is 14.8 Å². The van der Waals surface area contributed by atoms with E-state index >= 15 is 0 Å². The first-order chi connectivity index (χ1) is 14.6. The number of methoxy groups -OCH3 is 2. The number of hydrogen-bond acceptors (Lipinski definition) is 4. The van der Waals surface area contributed by atoms with E-state index in [2.05, 4.69) is 54.0 Å². The Morgan fingerprint density at radius 3 is 2.20 bits per heavy atom. The molecule has 0 unspecified atom stereocenters. The van der Waals surface area contributed by atoms with E-state index in [0.717, 1.165) is 16.7 Å². The average Bonchev–Trinajstić information content (AvgIpc) is 2.79. The molecule has 3 rings (SSSR count). The van der Waals surface area contributed by atoms with Crippen molar-refractivity contribution in [2.24, 2.45) is 0 Å². The van der Waals surface area contributed by atoms with Crippen LogP contribution < -0.4 is 20.1 Å². The lowest BCUT2D eigenvalue weighted by molar-refractivity contribution is -0.120. The van der Waals surface area contributed by atoms with Crippen molar-refractivity contribution in [2.45, 2.75) is 19.5 Å². The maximum atomic E-state index is 12.5. The van der Waals surface area contributed by atoms with Crippen molar-refractivity contribution in [2.75, 3.05) is 20.8 Å². The van der Waals surface area contributed by atoms with Gasteiger partial charge in [-0.25, -0.2) is 0 Å². The van der Waals surface area contributed by atoms with E-state index in [-0.39, 0.29) is 18.5 Å². The highest BCUT2D eigenvalue weighted by molar-refractivity contribution is 5.78. The van der Waals surface area contributed by atoms with Gasteiger partial charge in [-0.1, -0.05) is 66.2 Å². The van der Waals surface area contributed by atoms with Crippen LogP contribution in [-0.2, 0) is 11.3 Å². The zero-order valence-electron chi connectivity index (χ0n) is 17.6. The van der Waals surface area contributed by atoms with Crippen molar-refractivity contribution < 1.29 is 14.3 Å². The second-order valence-corrected chi connectivity index (χ2v) is 7.10. The quantitative estimate of drug-likeness (QED) is 0.566. The first kappa shape index (κ1) is 21.4. The maximum absolute atomic E-state index is 12.5. The molecule has 2 N–H and O–H groups in total. The van der Waals surface area contributed by atoms with Gasteiger partial charge >= 0.3 is 0 Å². The van der Waals surface area contributed by atoms with Crippen LogP contribution in [0.3, 0.4) is 0 Å². The number of benzene rings is 3. The maximum Gasteiger partial charge on any atom is 0.234 e. The van der Waals surface area contributed by atoms with Gasteiger partial charge in [0.1, 0.15) is 0 Å². The van der Waals surface area contributed by atoms with Crippen LogP contribution in [0.15, 0.2) is 72.8 Å². The van der Waals surface area contributed by atoms with E-state index in [1.54, 1.807) is 14.2 Å². The molecule has 3 aromatic carbocycles. The number of carbonyl (C=O) groups is 1. The van der Waals surface area contributed by atoms with Gasteiger partial charge in [0, 0.05) is 6.54 Å². The first-order valence-electron chi connectivity index (χ1n) is 9.93. The second kappa shape index (κ2) is 10.5. The summed E-state index contributed by atoms with van der Waals surface area (Å²) in [5, 5.41) is 6.35. The van der Waals surface area contributed by atoms with Crippen LogP contribution in [0.5, 0.6) is 11.5 Å². The number of amides is 1. The third-order valence-electron chi connectivity index (χ3n) is 4.95. The molecule has 5 heteroatoms. The van der Waals surface area contributed by atoms with E-state index in [4.69, 9.17) is 9.47 Å². The van der Waals surface area contributed by atoms with Gasteiger partial charge in [-0.2, -0.15) is 0 Å². The van der Waals surface area contributed by atoms with E-state index < -0.39 is 0 Å². The largest absolute Gasteiger partial charge is 0.493 e. The van der Waals surface area contributed by atoms with E-state index in [9.17, 15) is 4.79 Å². The summed E-state index contributed by atoms with van der Waals surface area (Å²) in [6, 6.07) is 24.1. The Morgan fingerprint density at radius 2 is 1.53 bits per heavy atom. The molecule has 0 spiro atoms. The lowest BCUT2D eigenvalue weighted by Gasteiger charge is -2.20. The highest BCUT2D eigenvalue weighted by Crippen LogP contribution is 2.27. The molecule has 0 aliphatic rings. The average molecular weight is 405 g/mol. The normalized spacial score (nSPS) is 11.6. The fraction of sp³-hybridized carbons (Fsp3) is 0.240. The fourth-order valence-corrected chi connectivity index (χ4v) is 3.28. The van der Waals surface area contributed by atoms with Gasteiger partial charge in [0.05, 0.1) is 26.8 Å². The van der Waals surface area contributed by atoms with Gasteiger partial charge in [-0.3, -0.25) is 10.1 Å². The van der Waals surface area contributed by atoms with Crippen molar-refractivity contribution in [3.8, 4) is 11.5 Å². The van der Waals surface area contributed by atoms with Crippen molar-refractivity contribution in [3.63, 3.8) is 0 Å². The molecule has 5 nitrogen and oxygen atoms in total. The number of hydrogen-bond donors (Lipinski definition) is 2. The fourth-order valence-electron chi connectivity index (χ4n) is 3.28. The zero-order chi connectivity index (χ0) is 21.3. The summed E-state index contributed by atoms with van der Waals surface area (Å²) in [4.78, 5) is 12.5. The highest BCUT2D eigenvalue weighted by Gasteiger charge is 2.15. The molecule has 0 saturated carbocycles. The van der Waals surface area contributed by atoms with Crippen LogP contribution in [0.1, 0.15) is 28.3 Å². The van der Waals surface area contributed by atoms with E-state index in [1.807, 2.05) is 36.4 Å². The summed E-state index contributed by atoms with van der Waals surface area (Å²) in [5.74, 6) is 1.24. The smallest absolute Gasteiger partial charge is 0.234 e. The van der Waals surface area contributed by atoms with Crippen LogP contribution in [0.4, 0.5) is 0 Å². The molecule has 0 aliphatic carbocycles. The molecule has 0 fully saturated rings. The third kappa shape index (κ3) is 5.61. The number of aryl methyl sites for hydroxylation is 1. The molecule has 1 amide bonds. The third-order valence-corrected chi connectivity index (χ3v) is 4.95. The van der Waals surface area contributed by atoms with Crippen molar-refractivity contribution in [1.82, 2.24) is 10.6 Å². The second-order valence-electron chi connectivity index (χ2n) is 7.10. The van der Waals surface area contributed by atoms with Crippen molar-refractivity contribution in [3.05, 3.63) is 95.1 Å². The summed E-state index contributed by atoms with van der Waals surface area (Å²) in [7, 11) is 3.20. The number of carbonyl (C=O) groups excluding carboxylic acids is 1. The Labute approximate surface area is 178 Å². The van der Waals surface area contributed by atoms with E-state index in [0.29, 0.717) is 18.0 Å². The summed E-state index contributed by atoms with van der Waals surface area (Å²) in [6.45, 7) is 2.69. The Balaban J connectivity index is 1.62. The molecule has 0 aliphatic heterocycles. The van der Waals surface area contributed by atoms with Crippen LogP contribution in [0.25, 0.3) is 0 Å². The molecule has 0 bridgehead atoms. The van der Waals surface area contributed by atoms with Crippen LogP contribution in [-0.4, -0.2) is 26.7 Å². The SMILES string of the molecule is COc1ccc(CNC(=O)CN[C@H](c2ccccc2)c2ccc(C)cc2)cc1OC.